The molecule has 0 amide bonds. The van der Waals surface area contributed by atoms with Crippen LogP contribution in [0.5, 0.6) is 0 Å². The Morgan fingerprint density at radius 3 is 1.10 bits per heavy atom. The Hall–Kier alpha value is -1.14. The van der Waals surface area contributed by atoms with Crippen LogP contribution in [0.3, 0.4) is 0 Å². The second-order valence-corrected chi connectivity index (χ2v) is 9.05. The van der Waals surface area contributed by atoms with Gasteiger partial charge in [-0.3, -0.25) is 0 Å². The van der Waals surface area contributed by atoms with E-state index in [1.165, 1.54) is 64.7 Å². The molecule has 0 spiro atoms. The van der Waals surface area contributed by atoms with Gasteiger partial charge in [0.1, 0.15) is 0 Å². The third kappa shape index (κ3) is 31.1. The molecule has 2 fully saturated rings. The zero-order chi connectivity index (χ0) is 23.7. The van der Waals surface area contributed by atoms with E-state index in [-0.39, 0.29) is 12.8 Å². The minimum Gasteiger partial charge on any atom is -0.550 e. The van der Waals surface area contributed by atoms with E-state index < -0.39 is 11.9 Å². The minimum absolute atomic E-state index is 0.222. The van der Waals surface area contributed by atoms with Crippen LogP contribution in [0.25, 0.3) is 0 Å². The van der Waals surface area contributed by atoms with Crippen molar-refractivity contribution in [2.24, 2.45) is 0 Å². The predicted octanol–water partition coefficient (Wildman–Crippen LogP) is 0.393. The van der Waals surface area contributed by atoms with Gasteiger partial charge in [-0.15, -0.1) is 0 Å². The molecule has 186 valence electrons. The molecule has 0 unspecified atom stereocenters. The first kappa shape index (κ1) is 32.0. The van der Waals surface area contributed by atoms with E-state index >= 15 is 0 Å². The van der Waals surface area contributed by atoms with Crippen LogP contribution >= 0.6 is 0 Å². The van der Waals surface area contributed by atoms with Crippen LogP contribution in [0.2, 0.25) is 0 Å². The van der Waals surface area contributed by atoms with Crippen molar-refractivity contribution in [1.82, 2.24) is 0 Å². The summed E-state index contributed by atoms with van der Waals surface area (Å²) in [5, 5.41) is 19.8. The number of carbonyl (C=O) groups is 2. The standard InChI is InChI=1S/C8H16O2.C7H14O2.2C5H11N/c1-2-3-4-5-6-7-8(9)10;1-2-3-4-5-6-7(8)9;2*1-6-4-2-3-5-6/h2-7H2,1H3,(H,9,10);2-6H2,1H3,(H,8,9);2*2-5H2,1H3. The number of hydrogen-bond acceptors (Lipinski definition) is 4. The molecule has 2 saturated heterocycles. The van der Waals surface area contributed by atoms with Crippen molar-refractivity contribution in [2.75, 3.05) is 40.3 Å². The molecule has 31 heavy (non-hydrogen) atoms. The van der Waals surface area contributed by atoms with Crippen molar-refractivity contribution >= 4 is 11.9 Å². The molecule has 0 saturated carbocycles. The molecule has 2 aliphatic rings. The first-order valence-corrected chi connectivity index (χ1v) is 12.9. The smallest absolute Gasteiger partial charge is 0.0771 e. The van der Waals surface area contributed by atoms with Crippen molar-refractivity contribution in [3.8, 4) is 0 Å². The average molecular weight is 445 g/mol. The molecule has 0 aliphatic carbocycles. The lowest BCUT2D eigenvalue weighted by Gasteiger charge is -2.00. The van der Waals surface area contributed by atoms with Gasteiger partial charge in [0.25, 0.3) is 0 Å². The number of aliphatic carboxylic acids is 2. The maximum Gasteiger partial charge on any atom is 0.0771 e. The molecule has 2 aliphatic heterocycles. The van der Waals surface area contributed by atoms with E-state index in [9.17, 15) is 19.8 Å². The highest BCUT2D eigenvalue weighted by atomic mass is 16.4. The Labute approximate surface area is 192 Å². The first-order chi connectivity index (χ1) is 14.8. The highest BCUT2D eigenvalue weighted by molar-refractivity contribution is 5.64. The minimum atomic E-state index is -0.925. The number of rotatable bonds is 11. The normalized spacial score (nSPS) is 15.7. The lowest BCUT2D eigenvalue weighted by atomic mass is 10.1. The van der Waals surface area contributed by atoms with E-state index in [2.05, 4.69) is 27.9 Å². The van der Waals surface area contributed by atoms with Gasteiger partial charge in [-0.25, -0.2) is 0 Å². The maximum absolute atomic E-state index is 9.92. The van der Waals surface area contributed by atoms with E-state index in [1.54, 1.807) is 9.80 Å². The lowest BCUT2D eigenvalue weighted by molar-refractivity contribution is -0.866. The van der Waals surface area contributed by atoms with Crippen LogP contribution in [0.4, 0.5) is 0 Å². The molecule has 0 aromatic carbocycles. The summed E-state index contributed by atoms with van der Waals surface area (Å²) in [6, 6.07) is 0. The number of carboxylic acids is 2. The van der Waals surface area contributed by atoms with Gasteiger partial charge >= 0.3 is 0 Å². The van der Waals surface area contributed by atoms with Gasteiger partial charge in [0, 0.05) is 37.6 Å². The van der Waals surface area contributed by atoms with E-state index in [1.807, 2.05) is 0 Å². The highest BCUT2D eigenvalue weighted by Crippen LogP contribution is 2.03. The molecule has 0 aromatic rings. The number of quaternary nitrogens is 2. The molecule has 0 radical (unpaired) electrons. The molecule has 2 heterocycles. The number of carbonyl (C=O) groups excluding carboxylic acids is 2. The van der Waals surface area contributed by atoms with E-state index in [0.29, 0.717) is 0 Å². The molecule has 0 bridgehead atoms. The monoisotopic (exact) mass is 444 g/mol. The third-order valence-corrected chi connectivity index (χ3v) is 5.63. The summed E-state index contributed by atoms with van der Waals surface area (Å²) in [5.41, 5.74) is 0. The number of unbranched alkanes of at least 4 members (excludes halogenated alkanes) is 7. The van der Waals surface area contributed by atoms with Crippen molar-refractivity contribution in [1.29, 1.82) is 0 Å². The molecule has 6 nitrogen and oxygen atoms in total. The summed E-state index contributed by atoms with van der Waals surface area (Å²) < 4.78 is 0. The molecular formula is C25H52N2O4. The van der Waals surface area contributed by atoms with Gasteiger partial charge < -0.3 is 29.6 Å². The summed E-state index contributed by atoms with van der Waals surface area (Å²) in [6.45, 7) is 9.85. The van der Waals surface area contributed by atoms with Crippen molar-refractivity contribution in [3.05, 3.63) is 0 Å². The molecule has 0 atom stereocenters. The predicted molar refractivity (Wildman–Crippen MR) is 124 cm³/mol. The Bertz CT molecular complexity index is 379. The second-order valence-electron chi connectivity index (χ2n) is 9.05. The average Bonchev–Trinajstić information content (AvgIpc) is 3.40. The van der Waals surface area contributed by atoms with Crippen molar-refractivity contribution < 1.29 is 29.6 Å². The fourth-order valence-electron chi connectivity index (χ4n) is 3.53. The van der Waals surface area contributed by atoms with Crippen LogP contribution in [-0.4, -0.2) is 52.2 Å². The van der Waals surface area contributed by atoms with Crippen LogP contribution in [-0.2, 0) is 9.59 Å². The number of nitrogens with one attached hydrogen (secondary N) is 2. The van der Waals surface area contributed by atoms with E-state index in [4.69, 9.17) is 0 Å². The second kappa shape index (κ2) is 25.1. The van der Waals surface area contributed by atoms with Gasteiger partial charge in [0.2, 0.25) is 0 Å². The Kier molecular flexibility index (Phi) is 26.0. The largest absolute Gasteiger partial charge is 0.550 e. The zero-order valence-electron chi connectivity index (χ0n) is 21.1. The van der Waals surface area contributed by atoms with Gasteiger partial charge in [-0.05, 0) is 25.7 Å². The topological polar surface area (TPSA) is 89.1 Å². The van der Waals surface area contributed by atoms with Gasteiger partial charge in [-0.1, -0.05) is 58.8 Å². The van der Waals surface area contributed by atoms with Crippen LogP contribution in [0.15, 0.2) is 0 Å². The van der Waals surface area contributed by atoms with E-state index in [0.717, 1.165) is 44.9 Å². The van der Waals surface area contributed by atoms with Crippen molar-refractivity contribution in [2.45, 2.75) is 110 Å². The molecular weight excluding hydrogens is 392 g/mol. The molecule has 2 N–H and O–H groups in total. The Balaban J connectivity index is 0. The summed E-state index contributed by atoms with van der Waals surface area (Å²) in [5.74, 6) is -1.84. The zero-order valence-corrected chi connectivity index (χ0v) is 21.1. The number of likely N-dealkylation sites (tertiary alicyclic amines) is 2. The summed E-state index contributed by atoms with van der Waals surface area (Å²) in [6.07, 6.45) is 15.7. The number of carboxylic acid groups (broad SMARTS) is 2. The third-order valence-electron chi connectivity index (χ3n) is 5.63. The van der Waals surface area contributed by atoms with Crippen LogP contribution in [0.1, 0.15) is 110 Å². The quantitative estimate of drug-likeness (QED) is 0.451. The summed E-state index contributed by atoms with van der Waals surface area (Å²) in [7, 11) is 4.51. The molecule has 2 rings (SSSR count). The maximum atomic E-state index is 9.92. The van der Waals surface area contributed by atoms with Crippen LogP contribution in [0, 0.1) is 0 Å². The highest BCUT2D eigenvalue weighted by Gasteiger charge is 2.08. The van der Waals surface area contributed by atoms with Gasteiger partial charge in [0.15, 0.2) is 0 Å². The Morgan fingerprint density at radius 2 is 0.871 bits per heavy atom. The number of hydrogen-bond donors (Lipinski definition) is 2. The Morgan fingerprint density at radius 1 is 0.581 bits per heavy atom. The fourth-order valence-corrected chi connectivity index (χ4v) is 3.53. The SMILES string of the molecule is CCCCCCC(=O)[O-].CCCCCCCC(=O)[O-].C[NH+]1CCCC1.C[NH+]1CCCC1. The van der Waals surface area contributed by atoms with Gasteiger partial charge in [-0.2, -0.15) is 0 Å². The lowest BCUT2D eigenvalue weighted by Crippen LogP contribution is -3.06. The molecule has 0 aromatic heterocycles. The molecule has 6 heteroatoms. The van der Waals surface area contributed by atoms with Crippen LogP contribution < -0.4 is 20.0 Å². The van der Waals surface area contributed by atoms with Crippen molar-refractivity contribution in [3.63, 3.8) is 0 Å². The summed E-state index contributed by atoms with van der Waals surface area (Å²) >= 11 is 0. The van der Waals surface area contributed by atoms with Gasteiger partial charge in [0.05, 0.1) is 40.3 Å². The summed E-state index contributed by atoms with van der Waals surface area (Å²) in [4.78, 5) is 23.2. The fraction of sp³-hybridized carbons (Fsp3) is 0.920. The first-order valence-electron chi connectivity index (χ1n) is 12.9.